The summed E-state index contributed by atoms with van der Waals surface area (Å²) in [7, 11) is 0. The Kier molecular flexibility index (Phi) is 8.70. The number of carboxylic acids is 1. The van der Waals surface area contributed by atoms with Crippen molar-refractivity contribution in [2.45, 2.75) is 25.3 Å². The van der Waals surface area contributed by atoms with E-state index in [0.29, 0.717) is 24.3 Å². The van der Waals surface area contributed by atoms with Gasteiger partial charge in [0.25, 0.3) is 0 Å². The molecule has 0 aromatic carbocycles. The van der Waals surface area contributed by atoms with Crippen LogP contribution < -0.4 is 5.73 Å². The van der Waals surface area contributed by atoms with E-state index < -0.39 is 35.6 Å². The van der Waals surface area contributed by atoms with Gasteiger partial charge >= 0.3 is 5.97 Å². The molecule has 0 bridgehead atoms. The summed E-state index contributed by atoms with van der Waals surface area (Å²) in [6, 6.07) is -1.24. The predicted octanol–water partition coefficient (Wildman–Crippen LogP) is 0.401. The maximum atomic E-state index is 11.5. The van der Waals surface area contributed by atoms with E-state index in [1.807, 2.05) is 0 Å². The molecule has 1 atom stereocenters. The van der Waals surface area contributed by atoms with Gasteiger partial charge in [0, 0.05) is 0 Å². The lowest BCUT2D eigenvalue weighted by atomic mass is 10.1. The van der Waals surface area contributed by atoms with Crippen LogP contribution in [-0.4, -0.2) is 52.1 Å². The number of hydrogen-bond acceptors (Lipinski definition) is 4. The summed E-state index contributed by atoms with van der Waals surface area (Å²) in [5, 5.41) is 9.07. The van der Waals surface area contributed by atoms with Crippen LogP contribution in [0.3, 0.4) is 0 Å². The standard InChI is InChI=1S/C10H16Cl2N2O4/c11-5-8(15)14(9(16)6-12)7(10(17)18)3-1-2-4-13/h7H,1-6,13H2,(H,17,18). The summed E-state index contributed by atoms with van der Waals surface area (Å²) >= 11 is 10.7. The molecule has 0 aromatic heterocycles. The van der Waals surface area contributed by atoms with Gasteiger partial charge in [0.2, 0.25) is 11.8 Å². The molecule has 104 valence electrons. The molecule has 0 spiro atoms. The molecule has 0 rings (SSSR count). The van der Waals surface area contributed by atoms with Crippen LogP contribution in [0.2, 0.25) is 0 Å². The number of carbonyl (C=O) groups excluding carboxylic acids is 2. The zero-order valence-corrected chi connectivity index (χ0v) is 11.3. The van der Waals surface area contributed by atoms with Crippen molar-refractivity contribution in [2.75, 3.05) is 18.3 Å². The molecule has 0 aliphatic rings. The van der Waals surface area contributed by atoms with E-state index in [4.69, 9.17) is 34.0 Å². The van der Waals surface area contributed by atoms with Gasteiger partial charge in [-0.15, -0.1) is 23.2 Å². The monoisotopic (exact) mass is 298 g/mol. The minimum atomic E-state index is -1.26. The van der Waals surface area contributed by atoms with Crippen molar-refractivity contribution in [2.24, 2.45) is 5.73 Å². The van der Waals surface area contributed by atoms with Crippen LogP contribution >= 0.6 is 23.2 Å². The second-order valence-corrected chi connectivity index (χ2v) is 4.10. The van der Waals surface area contributed by atoms with Crippen molar-refractivity contribution in [3.05, 3.63) is 0 Å². The van der Waals surface area contributed by atoms with Gasteiger partial charge in [-0.05, 0) is 25.8 Å². The second kappa shape index (κ2) is 9.13. The normalized spacial score (nSPS) is 11.9. The number of carbonyl (C=O) groups is 3. The number of halogens is 2. The van der Waals surface area contributed by atoms with E-state index in [1.165, 1.54) is 0 Å². The van der Waals surface area contributed by atoms with E-state index in [-0.39, 0.29) is 6.42 Å². The summed E-state index contributed by atoms with van der Waals surface area (Å²) in [5.74, 6) is -3.72. The summed E-state index contributed by atoms with van der Waals surface area (Å²) in [4.78, 5) is 34.8. The summed E-state index contributed by atoms with van der Waals surface area (Å²) < 4.78 is 0. The zero-order chi connectivity index (χ0) is 14.1. The molecule has 0 fully saturated rings. The van der Waals surface area contributed by atoms with Gasteiger partial charge in [-0.25, -0.2) is 4.79 Å². The maximum absolute atomic E-state index is 11.5. The topological polar surface area (TPSA) is 101 Å². The first-order chi connectivity index (χ1) is 8.49. The van der Waals surface area contributed by atoms with Gasteiger partial charge in [-0.1, -0.05) is 0 Å². The fraction of sp³-hybridized carbons (Fsp3) is 0.700. The van der Waals surface area contributed by atoms with Crippen molar-refractivity contribution in [1.29, 1.82) is 0 Å². The van der Waals surface area contributed by atoms with Crippen molar-refractivity contribution in [3.8, 4) is 0 Å². The van der Waals surface area contributed by atoms with Crippen LogP contribution in [-0.2, 0) is 14.4 Å². The third kappa shape index (κ3) is 5.20. The highest BCUT2D eigenvalue weighted by Gasteiger charge is 2.33. The largest absolute Gasteiger partial charge is 0.480 e. The number of alkyl halides is 2. The molecule has 0 aromatic rings. The number of unbranched alkanes of at least 4 members (excludes halogenated alkanes) is 1. The van der Waals surface area contributed by atoms with Crippen LogP contribution in [0.15, 0.2) is 0 Å². The van der Waals surface area contributed by atoms with Crippen LogP contribution in [0, 0.1) is 0 Å². The molecule has 0 radical (unpaired) electrons. The number of amides is 2. The Hall–Kier alpha value is -0.850. The number of rotatable bonds is 8. The third-order valence-corrected chi connectivity index (χ3v) is 2.75. The molecule has 0 aliphatic carbocycles. The highest BCUT2D eigenvalue weighted by atomic mass is 35.5. The van der Waals surface area contributed by atoms with E-state index in [9.17, 15) is 14.4 Å². The second-order valence-electron chi connectivity index (χ2n) is 3.56. The van der Waals surface area contributed by atoms with Crippen molar-refractivity contribution < 1.29 is 19.5 Å². The number of carboxylic acid groups (broad SMARTS) is 1. The maximum Gasteiger partial charge on any atom is 0.326 e. The molecule has 6 nitrogen and oxygen atoms in total. The Morgan fingerprint density at radius 3 is 1.94 bits per heavy atom. The molecule has 0 aliphatic heterocycles. The minimum absolute atomic E-state index is 0.137. The first-order valence-corrected chi connectivity index (χ1v) is 6.46. The fourth-order valence-electron chi connectivity index (χ4n) is 1.46. The summed E-state index contributed by atoms with van der Waals surface area (Å²) in [6.45, 7) is 0.416. The molecule has 1 unspecified atom stereocenters. The summed E-state index contributed by atoms with van der Waals surface area (Å²) in [6.07, 6.45) is 1.24. The first-order valence-electron chi connectivity index (χ1n) is 5.39. The number of nitrogens with zero attached hydrogens (tertiary/aromatic N) is 1. The van der Waals surface area contributed by atoms with Crippen LogP contribution in [0.25, 0.3) is 0 Å². The lowest BCUT2D eigenvalue weighted by Crippen LogP contribution is -2.49. The van der Waals surface area contributed by atoms with Crippen molar-refractivity contribution in [1.82, 2.24) is 4.90 Å². The van der Waals surface area contributed by atoms with Crippen molar-refractivity contribution in [3.63, 3.8) is 0 Å². The average Bonchev–Trinajstić information content (AvgIpc) is 2.36. The predicted molar refractivity (Wildman–Crippen MR) is 67.6 cm³/mol. The van der Waals surface area contributed by atoms with Crippen molar-refractivity contribution >= 4 is 41.0 Å². The Morgan fingerprint density at radius 2 is 1.61 bits per heavy atom. The Morgan fingerprint density at radius 1 is 1.11 bits per heavy atom. The highest BCUT2D eigenvalue weighted by molar-refractivity contribution is 6.32. The minimum Gasteiger partial charge on any atom is -0.480 e. The van der Waals surface area contributed by atoms with Gasteiger partial charge in [0.05, 0.1) is 0 Å². The number of nitrogens with two attached hydrogens (primary N) is 1. The van der Waals surface area contributed by atoms with Gasteiger partial charge in [0.1, 0.15) is 17.8 Å². The molecule has 0 saturated heterocycles. The number of aliphatic carboxylic acids is 1. The Bertz CT molecular complexity index is 296. The smallest absolute Gasteiger partial charge is 0.326 e. The molecule has 3 N–H and O–H groups in total. The van der Waals surface area contributed by atoms with E-state index in [1.54, 1.807) is 0 Å². The molecule has 18 heavy (non-hydrogen) atoms. The van der Waals surface area contributed by atoms with Gasteiger partial charge in [-0.3, -0.25) is 14.5 Å². The van der Waals surface area contributed by atoms with Crippen LogP contribution in [0.4, 0.5) is 0 Å². The molecule has 8 heteroatoms. The lowest BCUT2D eigenvalue weighted by molar-refractivity contribution is -0.156. The highest BCUT2D eigenvalue weighted by Crippen LogP contribution is 2.12. The van der Waals surface area contributed by atoms with E-state index in [2.05, 4.69) is 0 Å². The average molecular weight is 299 g/mol. The molecular formula is C10H16Cl2N2O4. The van der Waals surface area contributed by atoms with E-state index >= 15 is 0 Å². The molecule has 0 saturated carbocycles. The van der Waals surface area contributed by atoms with E-state index in [0.717, 1.165) is 0 Å². The number of imide groups is 1. The first kappa shape index (κ1) is 17.2. The zero-order valence-electron chi connectivity index (χ0n) is 9.77. The quantitative estimate of drug-likeness (QED) is 0.499. The Balaban J connectivity index is 4.91. The number of hydrogen-bond donors (Lipinski definition) is 2. The summed E-state index contributed by atoms with van der Waals surface area (Å²) in [5.41, 5.74) is 5.30. The Labute approximate surface area is 115 Å². The molecular weight excluding hydrogens is 283 g/mol. The third-order valence-electron chi connectivity index (χ3n) is 2.29. The molecule has 2 amide bonds. The van der Waals surface area contributed by atoms with Crippen LogP contribution in [0.1, 0.15) is 19.3 Å². The fourth-order valence-corrected chi connectivity index (χ4v) is 1.72. The van der Waals surface area contributed by atoms with Crippen LogP contribution in [0.5, 0.6) is 0 Å². The van der Waals surface area contributed by atoms with Gasteiger partial charge in [-0.2, -0.15) is 0 Å². The van der Waals surface area contributed by atoms with Gasteiger partial charge in [0.15, 0.2) is 0 Å². The SMILES string of the molecule is NCCCCC(C(=O)O)N(C(=O)CCl)C(=O)CCl. The van der Waals surface area contributed by atoms with Gasteiger partial charge < -0.3 is 10.8 Å². The molecule has 0 heterocycles. The lowest BCUT2D eigenvalue weighted by Gasteiger charge is -2.26.